The van der Waals surface area contributed by atoms with E-state index in [1.165, 1.54) is 12.1 Å². The number of primary sulfonamides is 1. The van der Waals surface area contributed by atoms with Crippen molar-refractivity contribution in [2.75, 3.05) is 10.5 Å². The van der Waals surface area contributed by atoms with Crippen LogP contribution in [0.25, 0.3) is 0 Å². The maximum absolute atomic E-state index is 11.0. The summed E-state index contributed by atoms with van der Waals surface area (Å²) in [6, 6.07) is 3.71. The fraction of sp³-hybridized carbons (Fsp3) is 0. The average molecular weight is 251 g/mol. The quantitative estimate of drug-likeness (QED) is 0.422. The van der Waals surface area contributed by atoms with Crippen LogP contribution in [-0.2, 0) is 21.3 Å². The Morgan fingerprint density at radius 2 is 2.00 bits per heavy atom. The van der Waals surface area contributed by atoms with Gasteiger partial charge < -0.3 is 5.73 Å². The first-order valence-electron chi connectivity index (χ1n) is 3.60. The van der Waals surface area contributed by atoms with Crippen molar-refractivity contribution < 1.29 is 17.2 Å². The third kappa shape index (κ3) is 3.16. The molecule has 0 saturated heterocycles. The Morgan fingerprint density at radius 1 is 1.40 bits per heavy atom. The topological polar surface area (TPSA) is 136 Å². The predicted octanol–water partition coefficient (Wildman–Crippen LogP) is -0.535. The summed E-state index contributed by atoms with van der Waals surface area (Å²) in [5.74, 6) is 0. The molecule has 0 aliphatic carbocycles. The second-order valence-electron chi connectivity index (χ2n) is 2.65. The van der Waals surface area contributed by atoms with Crippen molar-refractivity contribution in [1.82, 2.24) is 0 Å². The molecule has 1 aromatic carbocycles. The Kier molecular flexibility index (Phi) is 3.29. The van der Waals surface area contributed by atoms with Crippen LogP contribution < -0.4 is 15.6 Å². The van der Waals surface area contributed by atoms with Crippen molar-refractivity contribution in [2.45, 2.75) is 4.90 Å². The van der Waals surface area contributed by atoms with Crippen LogP contribution in [0.4, 0.5) is 11.4 Å². The van der Waals surface area contributed by atoms with Crippen LogP contribution in [0.3, 0.4) is 0 Å². The summed E-state index contributed by atoms with van der Waals surface area (Å²) in [6.07, 6.45) is 0. The first-order chi connectivity index (χ1) is 6.80. The Bertz CT molecular complexity index is 499. The van der Waals surface area contributed by atoms with Gasteiger partial charge in [-0.2, -0.15) is 0 Å². The SMILES string of the molecule is Nc1ccc(NS(=O)O)cc1S(N)(=O)=O. The Morgan fingerprint density at radius 3 is 2.47 bits per heavy atom. The van der Waals surface area contributed by atoms with E-state index in [9.17, 15) is 12.6 Å². The molecule has 6 N–H and O–H groups in total. The van der Waals surface area contributed by atoms with Gasteiger partial charge in [0.15, 0.2) is 0 Å². The van der Waals surface area contributed by atoms with Gasteiger partial charge in [-0.05, 0) is 18.2 Å². The molecule has 1 unspecified atom stereocenters. The molecule has 9 heteroatoms. The van der Waals surface area contributed by atoms with Gasteiger partial charge in [0.25, 0.3) is 11.3 Å². The van der Waals surface area contributed by atoms with Gasteiger partial charge in [0.2, 0.25) is 10.0 Å². The Hall–Kier alpha value is -1.16. The van der Waals surface area contributed by atoms with E-state index in [0.717, 1.165) is 6.07 Å². The van der Waals surface area contributed by atoms with Gasteiger partial charge >= 0.3 is 0 Å². The van der Waals surface area contributed by atoms with E-state index in [2.05, 4.69) is 4.72 Å². The van der Waals surface area contributed by atoms with Crippen molar-refractivity contribution in [3.63, 3.8) is 0 Å². The van der Waals surface area contributed by atoms with Gasteiger partial charge in [-0.25, -0.2) is 17.8 Å². The van der Waals surface area contributed by atoms with Crippen LogP contribution in [0.1, 0.15) is 0 Å². The van der Waals surface area contributed by atoms with E-state index in [0.29, 0.717) is 0 Å². The summed E-state index contributed by atoms with van der Waals surface area (Å²) in [6.45, 7) is 0. The summed E-state index contributed by atoms with van der Waals surface area (Å²) in [7, 11) is -3.94. The molecule has 0 aliphatic heterocycles. The molecule has 7 nitrogen and oxygen atoms in total. The predicted molar refractivity (Wildman–Crippen MR) is 56.6 cm³/mol. The van der Waals surface area contributed by atoms with Gasteiger partial charge in [0.1, 0.15) is 4.90 Å². The number of hydrogen-bond acceptors (Lipinski definition) is 4. The standard InChI is InChI=1S/C6H9N3O4S2/c7-5-2-1-4(9-14(10)11)3-6(5)15(8,12)13/h1-3,9H,7H2,(H,10,11)(H2,8,12,13). The summed E-state index contributed by atoms with van der Waals surface area (Å²) in [4.78, 5) is -0.294. The van der Waals surface area contributed by atoms with Crippen molar-refractivity contribution in [3.8, 4) is 0 Å². The van der Waals surface area contributed by atoms with Gasteiger partial charge in [0, 0.05) is 5.69 Å². The maximum Gasteiger partial charge on any atom is 0.259 e. The number of hydrogen-bond donors (Lipinski definition) is 4. The second kappa shape index (κ2) is 4.14. The average Bonchev–Trinajstić information content (AvgIpc) is 2.05. The monoisotopic (exact) mass is 251 g/mol. The highest BCUT2D eigenvalue weighted by molar-refractivity contribution is 7.89. The van der Waals surface area contributed by atoms with Crippen LogP contribution in [0.15, 0.2) is 23.1 Å². The number of nitrogens with one attached hydrogen (secondary N) is 1. The minimum absolute atomic E-state index is 0.0215. The molecule has 0 aromatic heterocycles. The van der Waals surface area contributed by atoms with Gasteiger partial charge in [0.05, 0.1) is 5.69 Å². The van der Waals surface area contributed by atoms with Crippen LogP contribution in [-0.4, -0.2) is 17.2 Å². The maximum atomic E-state index is 11.0. The fourth-order valence-electron chi connectivity index (χ4n) is 0.945. The third-order valence-electron chi connectivity index (χ3n) is 1.53. The van der Waals surface area contributed by atoms with Crippen molar-refractivity contribution in [2.24, 2.45) is 5.14 Å². The third-order valence-corrected chi connectivity index (χ3v) is 2.90. The highest BCUT2D eigenvalue weighted by Crippen LogP contribution is 2.21. The lowest BCUT2D eigenvalue weighted by molar-refractivity contribution is 0.570. The molecule has 1 atom stereocenters. The summed E-state index contributed by atoms with van der Waals surface area (Å²) < 4.78 is 43.1. The van der Waals surface area contributed by atoms with Gasteiger partial charge in [-0.3, -0.25) is 9.27 Å². The number of benzene rings is 1. The lowest BCUT2D eigenvalue weighted by atomic mass is 10.3. The fourth-order valence-corrected chi connectivity index (χ4v) is 1.96. The Labute approximate surface area is 88.9 Å². The molecule has 15 heavy (non-hydrogen) atoms. The molecule has 0 heterocycles. The molecule has 0 amide bonds. The number of rotatable bonds is 3. The molecule has 0 spiro atoms. The molecule has 0 radical (unpaired) electrons. The van der Waals surface area contributed by atoms with E-state index >= 15 is 0 Å². The number of sulfonamides is 1. The molecule has 0 fully saturated rings. The first kappa shape index (κ1) is 11.9. The van der Waals surface area contributed by atoms with Gasteiger partial charge in [-0.1, -0.05) is 0 Å². The van der Waals surface area contributed by atoms with Crippen molar-refractivity contribution >= 4 is 32.7 Å². The molecule has 84 valence electrons. The lowest BCUT2D eigenvalue weighted by Crippen LogP contribution is -2.15. The molecular formula is C6H9N3O4S2. The summed E-state index contributed by atoms with van der Waals surface area (Å²) in [5, 5.41) is 4.88. The first-order valence-corrected chi connectivity index (χ1v) is 6.26. The van der Waals surface area contributed by atoms with Crippen LogP contribution >= 0.6 is 0 Å². The van der Waals surface area contributed by atoms with E-state index in [1.807, 2.05) is 0 Å². The molecule has 1 rings (SSSR count). The lowest BCUT2D eigenvalue weighted by Gasteiger charge is -2.06. The van der Waals surface area contributed by atoms with E-state index in [-0.39, 0.29) is 16.3 Å². The summed E-state index contributed by atoms with van der Waals surface area (Å²) >= 11 is -2.28. The van der Waals surface area contributed by atoms with Crippen LogP contribution in [0, 0.1) is 0 Å². The number of anilines is 2. The van der Waals surface area contributed by atoms with Gasteiger partial charge in [-0.15, -0.1) is 0 Å². The molecule has 0 bridgehead atoms. The minimum Gasteiger partial charge on any atom is -0.398 e. The highest BCUT2D eigenvalue weighted by atomic mass is 32.2. The zero-order valence-electron chi connectivity index (χ0n) is 7.38. The zero-order valence-corrected chi connectivity index (χ0v) is 9.01. The highest BCUT2D eigenvalue weighted by Gasteiger charge is 2.13. The van der Waals surface area contributed by atoms with Crippen LogP contribution in [0.5, 0.6) is 0 Å². The van der Waals surface area contributed by atoms with E-state index in [1.54, 1.807) is 0 Å². The summed E-state index contributed by atoms with van der Waals surface area (Å²) in [5.41, 5.74) is 5.49. The van der Waals surface area contributed by atoms with E-state index in [4.69, 9.17) is 15.4 Å². The second-order valence-corrected chi connectivity index (χ2v) is 4.88. The molecule has 1 aromatic rings. The van der Waals surface area contributed by atoms with E-state index < -0.39 is 21.3 Å². The van der Waals surface area contributed by atoms with Crippen LogP contribution in [0.2, 0.25) is 0 Å². The molecular weight excluding hydrogens is 242 g/mol. The van der Waals surface area contributed by atoms with Crippen molar-refractivity contribution in [3.05, 3.63) is 18.2 Å². The number of nitrogen functional groups attached to an aromatic ring is 1. The van der Waals surface area contributed by atoms with Crippen molar-refractivity contribution in [1.29, 1.82) is 0 Å². The molecule has 0 aliphatic rings. The normalized spacial score (nSPS) is 13.5. The zero-order chi connectivity index (χ0) is 11.6. The molecule has 0 saturated carbocycles. The largest absolute Gasteiger partial charge is 0.398 e. The Balaban J connectivity index is 3.23. The number of nitrogens with two attached hydrogens (primary N) is 2. The minimum atomic E-state index is -3.94. The smallest absolute Gasteiger partial charge is 0.259 e.